The average molecular weight is 658 g/mol. The Labute approximate surface area is 278 Å². The Balaban J connectivity index is 1.23. The molecule has 244 valence electrons. The number of aromatic nitrogens is 3. The third-order valence-corrected chi connectivity index (χ3v) is 7.87. The Hall–Kier alpha value is -6.40. The molecule has 0 saturated carbocycles. The molecule has 1 aliphatic heterocycles. The molecular formula is C37H27N3O9. The van der Waals surface area contributed by atoms with E-state index in [1.807, 2.05) is 0 Å². The maximum absolute atomic E-state index is 13.4. The molecule has 0 amide bonds. The molecule has 4 atom stereocenters. The summed E-state index contributed by atoms with van der Waals surface area (Å²) in [6, 6.07) is 33.2. The van der Waals surface area contributed by atoms with Crippen molar-refractivity contribution in [3.8, 4) is 11.3 Å². The van der Waals surface area contributed by atoms with Crippen LogP contribution in [0.1, 0.15) is 37.3 Å². The van der Waals surface area contributed by atoms with E-state index in [4.69, 9.17) is 23.4 Å². The van der Waals surface area contributed by atoms with Crippen LogP contribution in [-0.2, 0) is 18.9 Å². The van der Waals surface area contributed by atoms with Gasteiger partial charge in [-0.3, -0.25) is 0 Å². The topological polar surface area (TPSA) is 149 Å². The Morgan fingerprint density at radius 1 is 0.694 bits per heavy atom. The number of benzene rings is 4. The molecule has 0 spiro atoms. The minimum atomic E-state index is -1.26. The first kappa shape index (κ1) is 31.2. The number of ether oxygens (including phenoxy) is 4. The van der Waals surface area contributed by atoms with E-state index in [1.165, 1.54) is 10.7 Å². The Kier molecular flexibility index (Phi) is 8.76. The Morgan fingerprint density at radius 3 is 1.90 bits per heavy atom. The van der Waals surface area contributed by atoms with E-state index in [9.17, 15) is 19.2 Å². The standard InChI is InChI=1S/C37H27N3O9/c41-31-19-18-23-16-17-27(20-29(23)46-31)28-21-40(39-38-28)34-33(49-37(44)26-14-8-3-9-15-26)32(48-36(43)25-12-6-2-7-13-25)30(47-34)22-45-35(42)24-10-4-1-5-11-24/h1-21,30,32-34H,22H2/t30-,32-,33-,34-/m1/s1. The van der Waals surface area contributed by atoms with Crippen LogP contribution < -0.4 is 5.63 Å². The summed E-state index contributed by atoms with van der Waals surface area (Å²) in [6.45, 7) is -0.346. The van der Waals surface area contributed by atoms with Gasteiger partial charge in [0.1, 0.15) is 24.0 Å². The summed E-state index contributed by atoms with van der Waals surface area (Å²) in [6.07, 6.45) is -3.19. The first-order valence-corrected chi connectivity index (χ1v) is 15.3. The molecule has 2 aromatic heterocycles. The van der Waals surface area contributed by atoms with Crippen LogP contribution in [0.5, 0.6) is 0 Å². The van der Waals surface area contributed by atoms with Crippen molar-refractivity contribution in [1.29, 1.82) is 0 Å². The van der Waals surface area contributed by atoms with Crippen molar-refractivity contribution in [2.24, 2.45) is 0 Å². The lowest BCUT2D eigenvalue weighted by Crippen LogP contribution is -2.41. The first-order chi connectivity index (χ1) is 23.9. The zero-order valence-corrected chi connectivity index (χ0v) is 25.7. The first-order valence-electron chi connectivity index (χ1n) is 15.3. The van der Waals surface area contributed by atoms with Gasteiger partial charge >= 0.3 is 23.5 Å². The fraction of sp³-hybridized carbons (Fsp3) is 0.135. The molecule has 1 saturated heterocycles. The van der Waals surface area contributed by atoms with Crippen LogP contribution in [-0.4, -0.2) is 57.8 Å². The summed E-state index contributed by atoms with van der Waals surface area (Å²) in [4.78, 5) is 51.5. The van der Waals surface area contributed by atoms with Crippen molar-refractivity contribution in [2.45, 2.75) is 24.5 Å². The Morgan fingerprint density at radius 2 is 1.27 bits per heavy atom. The van der Waals surface area contributed by atoms with Crippen molar-refractivity contribution in [1.82, 2.24) is 15.0 Å². The van der Waals surface area contributed by atoms with E-state index in [2.05, 4.69) is 10.3 Å². The number of nitrogens with zero attached hydrogens (tertiary/aromatic N) is 3. The molecular weight excluding hydrogens is 630 g/mol. The minimum Gasteiger partial charge on any atom is -0.459 e. The molecule has 1 aliphatic rings. The third-order valence-electron chi connectivity index (χ3n) is 7.87. The molecule has 6 aromatic rings. The van der Waals surface area contributed by atoms with Crippen LogP contribution in [0.25, 0.3) is 22.2 Å². The summed E-state index contributed by atoms with van der Waals surface area (Å²) < 4.78 is 30.6. The highest BCUT2D eigenvalue weighted by atomic mass is 16.7. The SMILES string of the molecule is O=C(OC[C@H]1O[C@@H](n2cc(-c3ccc4ccc(=O)oc4c3)nn2)[C@H](OC(=O)c2ccccc2)[C@@H]1OC(=O)c1ccccc1)c1ccccc1. The van der Waals surface area contributed by atoms with Crippen LogP contribution in [0, 0.1) is 0 Å². The minimum absolute atomic E-state index is 0.255. The predicted octanol–water partition coefficient (Wildman–Crippen LogP) is 5.26. The second kappa shape index (κ2) is 13.8. The summed E-state index contributed by atoms with van der Waals surface area (Å²) in [5.74, 6) is -2.02. The monoisotopic (exact) mass is 657 g/mol. The van der Waals surface area contributed by atoms with Crippen molar-refractivity contribution in [3.05, 3.63) is 155 Å². The molecule has 7 rings (SSSR count). The number of carbonyl (C=O) groups excluding carboxylic acids is 3. The van der Waals surface area contributed by atoms with Gasteiger partial charge in [-0.1, -0.05) is 71.9 Å². The van der Waals surface area contributed by atoms with Crippen molar-refractivity contribution < 1.29 is 37.7 Å². The fourth-order valence-corrected chi connectivity index (χ4v) is 5.42. The van der Waals surface area contributed by atoms with Crippen LogP contribution in [0.2, 0.25) is 0 Å². The fourth-order valence-electron chi connectivity index (χ4n) is 5.42. The highest BCUT2D eigenvalue weighted by molar-refractivity contribution is 5.91. The molecule has 1 fully saturated rings. The predicted molar refractivity (Wildman–Crippen MR) is 173 cm³/mol. The second-order valence-electron chi connectivity index (χ2n) is 11.1. The molecule has 0 unspecified atom stereocenters. The number of hydrogen-bond acceptors (Lipinski definition) is 11. The van der Waals surface area contributed by atoms with Gasteiger partial charge in [0, 0.05) is 17.0 Å². The van der Waals surface area contributed by atoms with Gasteiger partial charge < -0.3 is 23.4 Å². The highest BCUT2D eigenvalue weighted by Crippen LogP contribution is 2.36. The van der Waals surface area contributed by atoms with Gasteiger partial charge in [-0.25, -0.2) is 23.9 Å². The van der Waals surface area contributed by atoms with Gasteiger partial charge in [0.15, 0.2) is 18.4 Å². The van der Waals surface area contributed by atoms with E-state index in [0.29, 0.717) is 22.4 Å². The molecule has 4 aromatic carbocycles. The normalized spacial score (nSPS) is 18.5. The van der Waals surface area contributed by atoms with Crippen molar-refractivity contribution >= 4 is 28.9 Å². The van der Waals surface area contributed by atoms with Gasteiger partial charge in [0.25, 0.3) is 0 Å². The zero-order chi connectivity index (χ0) is 33.7. The van der Waals surface area contributed by atoms with Gasteiger partial charge in [-0.05, 0) is 48.5 Å². The number of esters is 3. The van der Waals surface area contributed by atoms with E-state index < -0.39 is 48.1 Å². The van der Waals surface area contributed by atoms with Crippen LogP contribution >= 0.6 is 0 Å². The maximum Gasteiger partial charge on any atom is 0.338 e. The molecule has 0 radical (unpaired) electrons. The molecule has 0 bridgehead atoms. The quantitative estimate of drug-likeness (QED) is 0.114. The Bertz CT molecular complexity index is 2170. The number of carbonyl (C=O) groups is 3. The van der Waals surface area contributed by atoms with Gasteiger partial charge in [-0.2, -0.15) is 0 Å². The number of fused-ring (bicyclic) bond motifs is 1. The lowest BCUT2D eigenvalue weighted by molar-refractivity contribution is -0.0678. The average Bonchev–Trinajstić information content (AvgIpc) is 3.76. The largest absolute Gasteiger partial charge is 0.459 e. The molecule has 49 heavy (non-hydrogen) atoms. The number of rotatable bonds is 9. The maximum atomic E-state index is 13.4. The summed E-state index contributed by atoms with van der Waals surface area (Å²) in [5.41, 5.74) is 1.67. The van der Waals surface area contributed by atoms with Crippen LogP contribution in [0.15, 0.2) is 137 Å². The summed E-state index contributed by atoms with van der Waals surface area (Å²) >= 11 is 0. The van der Waals surface area contributed by atoms with E-state index >= 15 is 0 Å². The van der Waals surface area contributed by atoms with E-state index in [1.54, 1.807) is 121 Å². The summed E-state index contributed by atoms with van der Waals surface area (Å²) in [7, 11) is 0. The molecule has 12 nitrogen and oxygen atoms in total. The molecule has 12 heteroatoms. The second-order valence-corrected chi connectivity index (χ2v) is 11.1. The lowest BCUT2D eigenvalue weighted by atomic mass is 10.1. The van der Waals surface area contributed by atoms with Gasteiger partial charge in [0.05, 0.1) is 22.9 Å². The van der Waals surface area contributed by atoms with Crippen molar-refractivity contribution in [3.63, 3.8) is 0 Å². The van der Waals surface area contributed by atoms with Gasteiger partial charge in [0.2, 0.25) is 0 Å². The molecule has 0 aliphatic carbocycles. The summed E-state index contributed by atoms with van der Waals surface area (Å²) in [5, 5.41) is 9.27. The number of hydrogen-bond donors (Lipinski definition) is 0. The van der Waals surface area contributed by atoms with Crippen molar-refractivity contribution in [2.75, 3.05) is 6.61 Å². The van der Waals surface area contributed by atoms with Crippen LogP contribution in [0.4, 0.5) is 0 Å². The van der Waals surface area contributed by atoms with E-state index in [-0.39, 0.29) is 17.7 Å². The smallest absolute Gasteiger partial charge is 0.338 e. The molecule has 3 heterocycles. The van der Waals surface area contributed by atoms with E-state index in [0.717, 1.165) is 5.39 Å². The zero-order valence-electron chi connectivity index (χ0n) is 25.7. The van der Waals surface area contributed by atoms with Gasteiger partial charge in [-0.15, -0.1) is 5.10 Å². The highest BCUT2D eigenvalue weighted by Gasteiger charge is 2.52. The molecule has 0 N–H and O–H groups in total. The lowest BCUT2D eigenvalue weighted by Gasteiger charge is -2.24. The third kappa shape index (κ3) is 6.85. The van der Waals surface area contributed by atoms with Crippen LogP contribution in [0.3, 0.4) is 0 Å².